The number of methoxy groups -OCH3 is 1. The van der Waals surface area contributed by atoms with Gasteiger partial charge in [-0.15, -0.1) is 0 Å². The predicted molar refractivity (Wildman–Crippen MR) is 127 cm³/mol. The summed E-state index contributed by atoms with van der Waals surface area (Å²) in [6, 6.07) is 7.58. The van der Waals surface area contributed by atoms with Crippen LogP contribution in [0, 0.1) is 11.8 Å². The maximum Gasteiger partial charge on any atom is 0.328 e. The van der Waals surface area contributed by atoms with Crippen molar-refractivity contribution in [1.29, 1.82) is 0 Å². The Balaban J connectivity index is 1.92. The van der Waals surface area contributed by atoms with E-state index in [0.29, 0.717) is 18.9 Å². The first-order valence-corrected chi connectivity index (χ1v) is 11.8. The van der Waals surface area contributed by atoms with Crippen molar-refractivity contribution in [2.75, 3.05) is 13.7 Å². The second kappa shape index (κ2) is 13.1. The molecule has 2 rings (SSSR count). The molecule has 3 N–H and O–H groups in total. The van der Waals surface area contributed by atoms with Gasteiger partial charge in [0.1, 0.15) is 12.1 Å². The summed E-state index contributed by atoms with van der Waals surface area (Å²) < 4.78 is 10.1. The number of rotatable bonds is 13. The third-order valence-electron chi connectivity index (χ3n) is 5.45. The number of carbonyl (C=O) groups excluding carboxylic acids is 4. The Morgan fingerprint density at radius 1 is 0.912 bits per heavy atom. The molecule has 0 aromatic heterocycles. The highest BCUT2D eigenvalue weighted by molar-refractivity contribution is 5.98. The fourth-order valence-corrected chi connectivity index (χ4v) is 3.51. The van der Waals surface area contributed by atoms with Gasteiger partial charge in [-0.3, -0.25) is 14.4 Å². The minimum absolute atomic E-state index is 0.180. The zero-order chi connectivity index (χ0) is 25.3. The molecule has 34 heavy (non-hydrogen) atoms. The van der Waals surface area contributed by atoms with E-state index in [1.54, 1.807) is 0 Å². The zero-order valence-electron chi connectivity index (χ0n) is 20.6. The minimum atomic E-state index is -1.02. The summed E-state index contributed by atoms with van der Waals surface area (Å²) in [5.41, 5.74) is 0.851. The van der Waals surface area contributed by atoms with Gasteiger partial charge >= 0.3 is 5.97 Å². The first-order valence-electron chi connectivity index (χ1n) is 11.8. The second-order valence-corrected chi connectivity index (χ2v) is 9.42. The quantitative estimate of drug-likeness (QED) is 0.292. The molecule has 1 heterocycles. The van der Waals surface area contributed by atoms with Crippen molar-refractivity contribution in [2.24, 2.45) is 11.8 Å². The lowest BCUT2D eigenvalue weighted by molar-refractivity contribution is -0.145. The average Bonchev–Trinajstić information content (AvgIpc) is 3.59. The van der Waals surface area contributed by atoms with Crippen LogP contribution >= 0.6 is 0 Å². The van der Waals surface area contributed by atoms with Crippen molar-refractivity contribution >= 4 is 23.7 Å². The number of esters is 1. The molecule has 9 nitrogen and oxygen atoms in total. The van der Waals surface area contributed by atoms with Gasteiger partial charge in [0.15, 0.2) is 12.2 Å². The van der Waals surface area contributed by atoms with Crippen LogP contribution in [0.1, 0.15) is 46.1 Å². The summed E-state index contributed by atoms with van der Waals surface area (Å²) in [6.07, 6.45) is -0.480. The molecule has 0 radical (unpaired) electrons. The summed E-state index contributed by atoms with van der Waals surface area (Å²) in [6.45, 7) is 8.59. The van der Waals surface area contributed by atoms with Crippen LogP contribution in [-0.2, 0) is 35.1 Å². The Bertz CT molecular complexity index is 842. The molecule has 0 saturated carbocycles. The standard InChI is InChI=1S/C25H37N3O6/c1-15(2)11-12-26-22(29)18(13-16(3)4)27-23(30)20-21(34-20)24(31)28-19(25(32)33-5)14-17-9-7-6-8-10-17/h6-10,15-16,18-21H,11-14H2,1-5H3,(H,26,29)(H,27,30)(H,28,31)/t18-,19-,20-,21-/m0/s1. The molecule has 9 heteroatoms. The van der Waals surface area contributed by atoms with E-state index < -0.39 is 42.1 Å². The molecule has 0 aliphatic carbocycles. The fourth-order valence-electron chi connectivity index (χ4n) is 3.51. The molecule has 1 aromatic rings. The van der Waals surface area contributed by atoms with E-state index in [1.165, 1.54) is 7.11 Å². The summed E-state index contributed by atoms with van der Waals surface area (Å²) in [4.78, 5) is 50.1. The van der Waals surface area contributed by atoms with Crippen molar-refractivity contribution in [1.82, 2.24) is 16.0 Å². The second-order valence-electron chi connectivity index (χ2n) is 9.42. The van der Waals surface area contributed by atoms with Gasteiger partial charge in [-0.05, 0) is 30.2 Å². The fraction of sp³-hybridized carbons (Fsp3) is 0.600. The number of amides is 3. The topological polar surface area (TPSA) is 126 Å². The van der Waals surface area contributed by atoms with E-state index in [-0.39, 0.29) is 18.2 Å². The lowest BCUT2D eigenvalue weighted by Crippen LogP contribution is -2.50. The van der Waals surface area contributed by atoms with Crippen LogP contribution in [0.2, 0.25) is 0 Å². The van der Waals surface area contributed by atoms with Crippen LogP contribution in [0.25, 0.3) is 0 Å². The van der Waals surface area contributed by atoms with E-state index in [2.05, 4.69) is 29.8 Å². The number of carbonyl (C=O) groups is 4. The van der Waals surface area contributed by atoms with E-state index >= 15 is 0 Å². The van der Waals surface area contributed by atoms with E-state index in [0.717, 1.165) is 12.0 Å². The molecule has 188 valence electrons. The van der Waals surface area contributed by atoms with Crippen molar-refractivity contribution in [3.05, 3.63) is 35.9 Å². The largest absolute Gasteiger partial charge is 0.467 e. The number of epoxide rings is 1. The Morgan fingerprint density at radius 3 is 2.03 bits per heavy atom. The number of nitrogens with one attached hydrogen (secondary N) is 3. The highest BCUT2D eigenvalue weighted by Crippen LogP contribution is 2.23. The first kappa shape index (κ1) is 27.3. The average molecular weight is 476 g/mol. The summed E-state index contributed by atoms with van der Waals surface area (Å²) in [7, 11) is 1.25. The van der Waals surface area contributed by atoms with Crippen LogP contribution in [0.5, 0.6) is 0 Å². The molecule has 4 atom stereocenters. The molecule has 1 aliphatic heterocycles. The summed E-state index contributed by atoms with van der Waals surface area (Å²) >= 11 is 0. The highest BCUT2D eigenvalue weighted by atomic mass is 16.6. The van der Waals surface area contributed by atoms with Gasteiger partial charge in [0.05, 0.1) is 7.11 Å². The third-order valence-corrected chi connectivity index (χ3v) is 5.45. The predicted octanol–water partition coefficient (Wildman–Crippen LogP) is 1.35. The van der Waals surface area contributed by atoms with Gasteiger partial charge in [-0.25, -0.2) is 4.79 Å². The van der Waals surface area contributed by atoms with E-state index in [1.807, 2.05) is 44.2 Å². The molecule has 1 aromatic carbocycles. The van der Waals surface area contributed by atoms with Crippen LogP contribution < -0.4 is 16.0 Å². The Morgan fingerprint density at radius 2 is 1.50 bits per heavy atom. The van der Waals surface area contributed by atoms with Crippen molar-refractivity contribution < 1.29 is 28.7 Å². The Hall–Kier alpha value is -2.94. The lowest BCUT2D eigenvalue weighted by Gasteiger charge is -2.20. The number of hydrogen-bond donors (Lipinski definition) is 3. The maximum absolute atomic E-state index is 12.7. The highest BCUT2D eigenvalue weighted by Gasteiger charge is 2.51. The summed E-state index contributed by atoms with van der Waals surface area (Å²) in [5.74, 6) is -1.31. The van der Waals surface area contributed by atoms with E-state index in [4.69, 9.17) is 9.47 Å². The van der Waals surface area contributed by atoms with Crippen LogP contribution in [0.3, 0.4) is 0 Å². The molecule has 1 aliphatic rings. The molecular formula is C25H37N3O6. The molecule has 0 bridgehead atoms. The molecule has 3 amide bonds. The smallest absolute Gasteiger partial charge is 0.328 e. The van der Waals surface area contributed by atoms with Gasteiger partial charge in [0, 0.05) is 13.0 Å². The molecule has 0 unspecified atom stereocenters. The number of hydrogen-bond acceptors (Lipinski definition) is 6. The minimum Gasteiger partial charge on any atom is -0.467 e. The number of ether oxygens (including phenoxy) is 2. The molecule has 0 spiro atoms. The van der Waals surface area contributed by atoms with Crippen molar-refractivity contribution in [3.63, 3.8) is 0 Å². The monoisotopic (exact) mass is 475 g/mol. The summed E-state index contributed by atoms with van der Waals surface area (Å²) in [5, 5.41) is 8.19. The van der Waals surface area contributed by atoms with Gasteiger partial charge in [-0.1, -0.05) is 58.0 Å². The van der Waals surface area contributed by atoms with Crippen LogP contribution in [-0.4, -0.2) is 61.6 Å². The van der Waals surface area contributed by atoms with Gasteiger partial charge in [0.25, 0.3) is 11.8 Å². The number of benzene rings is 1. The molecule has 1 fully saturated rings. The van der Waals surface area contributed by atoms with Gasteiger partial charge in [-0.2, -0.15) is 0 Å². The lowest BCUT2D eigenvalue weighted by atomic mass is 10.0. The SMILES string of the molecule is COC(=O)[C@H](Cc1ccccc1)NC(=O)[C@H]1O[C@@H]1C(=O)N[C@@H](CC(C)C)C(=O)NCCC(C)C. The van der Waals surface area contributed by atoms with E-state index in [9.17, 15) is 19.2 Å². The van der Waals surface area contributed by atoms with Gasteiger partial charge < -0.3 is 25.4 Å². The van der Waals surface area contributed by atoms with Crippen LogP contribution in [0.15, 0.2) is 30.3 Å². The Kier molecular flexibility index (Phi) is 10.5. The van der Waals surface area contributed by atoms with Crippen LogP contribution in [0.4, 0.5) is 0 Å². The van der Waals surface area contributed by atoms with Crippen molar-refractivity contribution in [3.8, 4) is 0 Å². The zero-order valence-corrected chi connectivity index (χ0v) is 20.6. The third kappa shape index (κ3) is 8.78. The normalized spacial score (nSPS) is 18.7. The van der Waals surface area contributed by atoms with Gasteiger partial charge in [0.2, 0.25) is 5.91 Å². The maximum atomic E-state index is 12.7. The Labute approximate surface area is 201 Å². The molecular weight excluding hydrogens is 438 g/mol. The first-order chi connectivity index (χ1) is 16.1. The molecule has 1 saturated heterocycles. The van der Waals surface area contributed by atoms with Crippen molar-refractivity contribution in [2.45, 2.75) is 71.2 Å².